The van der Waals surface area contributed by atoms with E-state index in [2.05, 4.69) is 8.44 Å². The standard InChI is InChI=1S/C17H21N2O9PS2/c1-9(8-17(2,3)18-14(20)7-13(30-29)15(18)21)16(22)28-12-5-4-10(31(25,26)27)6-11(12)19(23)24/h4-6,9,13H,7-8,29H2,1-3H3,(H,25,26,27). The zero-order valence-electron chi connectivity index (χ0n) is 16.8. The first-order valence-electron chi connectivity index (χ1n) is 8.89. The maximum Gasteiger partial charge on any atom is 0.314 e. The van der Waals surface area contributed by atoms with Crippen LogP contribution in [0.4, 0.5) is 5.69 Å². The molecule has 0 spiro atoms. The normalized spacial score (nSPS) is 18.2. The number of nitro groups is 1. The number of amides is 2. The Labute approximate surface area is 184 Å². The van der Waals surface area contributed by atoms with Gasteiger partial charge >= 0.3 is 11.7 Å². The third-order valence-corrected chi connectivity index (χ3v) is 7.25. The molecule has 11 nitrogen and oxygen atoms in total. The Kier molecular flexibility index (Phi) is 7.47. The fourth-order valence-electron chi connectivity index (χ4n) is 3.37. The number of likely N-dealkylation sites (tertiary alicyclic amines) is 1. The van der Waals surface area contributed by atoms with Gasteiger partial charge in [-0.2, -0.15) is 8.42 Å². The molecule has 170 valence electrons. The summed E-state index contributed by atoms with van der Waals surface area (Å²) in [7, 11) is -2.34. The second kappa shape index (κ2) is 9.19. The van der Waals surface area contributed by atoms with Gasteiger partial charge in [-0.3, -0.25) is 34.0 Å². The number of carbonyl (C=O) groups excluding carboxylic acids is 3. The van der Waals surface area contributed by atoms with Crippen LogP contribution in [0.5, 0.6) is 5.75 Å². The fourth-order valence-corrected chi connectivity index (χ4v) is 4.96. The van der Waals surface area contributed by atoms with Crippen LogP contribution in [0.15, 0.2) is 23.1 Å². The van der Waals surface area contributed by atoms with Crippen molar-refractivity contribution < 1.29 is 37.0 Å². The molecule has 1 heterocycles. The molecule has 1 aliphatic heterocycles. The Hall–Kier alpha value is -2.08. The number of esters is 1. The predicted molar refractivity (Wildman–Crippen MR) is 114 cm³/mol. The molecule has 2 rings (SSSR count). The zero-order chi connectivity index (χ0) is 23.7. The van der Waals surface area contributed by atoms with Crippen molar-refractivity contribution in [2.75, 3.05) is 0 Å². The van der Waals surface area contributed by atoms with Gasteiger partial charge in [0.2, 0.25) is 17.6 Å². The number of ether oxygens (including phenoxy) is 1. The first-order valence-corrected chi connectivity index (χ1v) is 12.7. The summed E-state index contributed by atoms with van der Waals surface area (Å²) < 4.78 is 36.5. The average molecular weight is 492 g/mol. The van der Waals surface area contributed by atoms with Crippen molar-refractivity contribution in [2.45, 2.75) is 49.3 Å². The molecule has 14 heteroatoms. The monoisotopic (exact) mass is 492 g/mol. The van der Waals surface area contributed by atoms with Crippen LogP contribution < -0.4 is 4.74 Å². The summed E-state index contributed by atoms with van der Waals surface area (Å²) in [6, 6.07) is 2.33. The summed E-state index contributed by atoms with van der Waals surface area (Å²) in [4.78, 5) is 48.0. The Morgan fingerprint density at radius 3 is 2.55 bits per heavy atom. The minimum Gasteiger partial charge on any atom is -0.419 e. The summed E-state index contributed by atoms with van der Waals surface area (Å²) in [5, 5.41) is 10.7. The number of benzene rings is 1. The van der Waals surface area contributed by atoms with Crippen molar-refractivity contribution in [3.8, 4) is 5.75 Å². The Morgan fingerprint density at radius 1 is 1.45 bits per heavy atom. The van der Waals surface area contributed by atoms with E-state index in [1.807, 2.05) is 0 Å². The molecule has 1 aromatic carbocycles. The maximum atomic E-state index is 12.5. The maximum absolute atomic E-state index is 12.5. The molecule has 0 saturated carbocycles. The number of nitro benzene ring substituents is 1. The number of hydrogen-bond donors (Lipinski definition) is 1. The lowest BCUT2D eigenvalue weighted by Crippen LogP contribution is -2.49. The van der Waals surface area contributed by atoms with Crippen molar-refractivity contribution in [3.63, 3.8) is 0 Å². The van der Waals surface area contributed by atoms with Crippen molar-refractivity contribution in [2.24, 2.45) is 5.92 Å². The predicted octanol–water partition coefficient (Wildman–Crippen LogP) is 2.20. The molecule has 1 aliphatic rings. The van der Waals surface area contributed by atoms with E-state index in [1.165, 1.54) is 18.3 Å². The van der Waals surface area contributed by atoms with E-state index in [-0.39, 0.29) is 24.7 Å². The molecule has 1 N–H and O–H groups in total. The molecule has 1 saturated heterocycles. The Balaban J connectivity index is 2.20. The van der Waals surface area contributed by atoms with Crippen LogP contribution >= 0.6 is 19.8 Å². The van der Waals surface area contributed by atoms with E-state index >= 15 is 0 Å². The molecule has 2 amide bonds. The zero-order valence-corrected chi connectivity index (χ0v) is 19.6. The topological polar surface area (TPSA) is 161 Å². The highest BCUT2D eigenvalue weighted by Gasteiger charge is 2.46. The van der Waals surface area contributed by atoms with E-state index in [9.17, 15) is 32.9 Å². The highest BCUT2D eigenvalue weighted by molar-refractivity contribution is 8.44. The van der Waals surface area contributed by atoms with Crippen LogP contribution in [0.3, 0.4) is 0 Å². The Morgan fingerprint density at radius 2 is 2.06 bits per heavy atom. The molecule has 3 atom stereocenters. The van der Waals surface area contributed by atoms with E-state index in [0.717, 1.165) is 17.0 Å². The van der Waals surface area contributed by atoms with Crippen molar-refractivity contribution in [3.05, 3.63) is 28.3 Å². The molecular formula is C17H21N2O9PS2. The number of rotatable bonds is 8. The second-order valence-corrected chi connectivity index (χ2v) is 10.7. The molecule has 31 heavy (non-hydrogen) atoms. The van der Waals surface area contributed by atoms with Gasteiger partial charge in [0, 0.05) is 18.0 Å². The summed E-state index contributed by atoms with van der Waals surface area (Å²) >= 11 is 1.19. The van der Waals surface area contributed by atoms with Crippen LogP contribution in [0.1, 0.15) is 33.6 Å². The summed E-state index contributed by atoms with van der Waals surface area (Å²) in [5.41, 5.74) is -1.83. The quantitative estimate of drug-likeness (QED) is 0.108. The minimum atomic E-state index is -4.69. The largest absolute Gasteiger partial charge is 0.419 e. The fraction of sp³-hybridized carbons (Fsp3) is 0.471. The summed E-state index contributed by atoms with van der Waals surface area (Å²) in [5.74, 6) is -2.94. The first kappa shape index (κ1) is 25.2. The average Bonchev–Trinajstić information content (AvgIpc) is 2.94. The lowest BCUT2D eigenvalue weighted by Gasteiger charge is -2.35. The second-order valence-electron chi connectivity index (χ2n) is 7.60. The molecule has 3 unspecified atom stereocenters. The highest BCUT2D eigenvalue weighted by atomic mass is 32.7. The third kappa shape index (κ3) is 5.59. The van der Waals surface area contributed by atoms with E-state index in [1.54, 1.807) is 13.8 Å². The third-order valence-electron chi connectivity index (χ3n) is 4.72. The molecule has 0 aromatic heterocycles. The van der Waals surface area contributed by atoms with Crippen LogP contribution in [0.2, 0.25) is 0 Å². The summed E-state index contributed by atoms with van der Waals surface area (Å²) in [6.45, 7) is 4.74. The Bertz CT molecular complexity index is 1040. The van der Waals surface area contributed by atoms with Gasteiger partial charge in [0.05, 0.1) is 16.1 Å². The first-order chi connectivity index (χ1) is 14.2. The number of imide groups is 1. The van der Waals surface area contributed by atoms with Gasteiger partial charge in [-0.25, -0.2) is 0 Å². The van der Waals surface area contributed by atoms with Crippen LogP contribution in [-0.4, -0.2) is 51.4 Å². The molecule has 0 bridgehead atoms. The highest BCUT2D eigenvalue weighted by Crippen LogP contribution is 2.36. The van der Waals surface area contributed by atoms with Crippen molar-refractivity contribution in [1.29, 1.82) is 0 Å². The van der Waals surface area contributed by atoms with Crippen molar-refractivity contribution in [1.82, 2.24) is 4.90 Å². The molecule has 0 radical (unpaired) electrons. The lowest BCUT2D eigenvalue weighted by atomic mass is 9.90. The summed E-state index contributed by atoms with van der Waals surface area (Å²) in [6.07, 6.45) is 0.0933. The van der Waals surface area contributed by atoms with Crippen LogP contribution in [0.25, 0.3) is 0 Å². The molecule has 1 fully saturated rings. The number of nitrogens with zero attached hydrogens (tertiary/aromatic N) is 2. The molecular weight excluding hydrogens is 471 g/mol. The van der Waals surface area contributed by atoms with E-state index in [0.29, 0.717) is 6.07 Å². The lowest BCUT2D eigenvalue weighted by molar-refractivity contribution is -0.385. The SMILES string of the molecule is CC(CC(C)(C)N1C(=O)CC(SP)C1=O)C(=O)Oc1ccc(S(=O)(=O)O)cc1[N+](=O)[O-]. The van der Waals surface area contributed by atoms with E-state index in [4.69, 9.17) is 9.29 Å². The van der Waals surface area contributed by atoms with Gasteiger partial charge in [-0.05, 0) is 32.4 Å². The van der Waals surface area contributed by atoms with Crippen molar-refractivity contribution >= 4 is 53.4 Å². The van der Waals surface area contributed by atoms with E-state index < -0.39 is 54.0 Å². The van der Waals surface area contributed by atoms with Gasteiger partial charge in [-0.15, -0.1) is 11.4 Å². The van der Waals surface area contributed by atoms with Gasteiger partial charge in [0.15, 0.2) is 0 Å². The van der Waals surface area contributed by atoms with Gasteiger partial charge in [0.25, 0.3) is 10.1 Å². The van der Waals surface area contributed by atoms with Gasteiger partial charge < -0.3 is 4.74 Å². The molecule has 1 aromatic rings. The molecule has 0 aliphatic carbocycles. The van der Waals surface area contributed by atoms with Gasteiger partial charge in [-0.1, -0.05) is 15.4 Å². The number of carbonyl (C=O) groups is 3. The van der Waals surface area contributed by atoms with Gasteiger partial charge in [0.1, 0.15) is 4.90 Å². The smallest absolute Gasteiger partial charge is 0.314 e. The van der Waals surface area contributed by atoms with Crippen LogP contribution in [0, 0.1) is 16.0 Å². The number of hydrogen-bond acceptors (Lipinski definition) is 9. The van der Waals surface area contributed by atoms with Crippen LogP contribution in [-0.2, 0) is 24.5 Å². The minimum absolute atomic E-state index is 0.0362.